The first-order valence-electron chi connectivity index (χ1n) is 6.31. The second kappa shape index (κ2) is 9.82. The first-order valence-corrected chi connectivity index (χ1v) is 8.45. The Hall–Kier alpha value is -0.0500. The number of hydrogen-bond acceptors (Lipinski definition) is 5. The molecule has 0 aliphatic carbocycles. The molecule has 0 bridgehead atoms. The first-order chi connectivity index (χ1) is 8.39. The van der Waals surface area contributed by atoms with Gasteiger partial charge in [0.05, 0.1) is 24.5 Å². The van der Waals surface area contributed by atoms with E-state index in [9.17, 15) is 4.57 Å². The van der Waals surface area contributed by atoms with E-state index in [-0.39, 0.29) is 0 Å². The van der Waals surface area contributed by atoms with E-state index in [0.717, 1.165) is 0 Å². The average Bonchev–Trinajstić information content (AvgIpc) is 2.30. The van der Waals surface area contributed by atoms with Crippen molar-refractivity contribution < 1.29 is 13.6 Å². The van der Waals surface area contributed by atoms with Crippen LogP contribution in [0.3, 0.4) is 0 Å². The molecule has 4 nitrogen and oxygen atoms in total. The molecule has 0 fully saturated rings. The van der Waals surface area contributed by atoms with Crippen molar-refractivity contribution in [2.45, 2.75) is 34.1 Å². The van der Waals surface area contributed by atoms with E-state index in [1.54, 1.807) is 0 Å². The molecule has 0 aromatic rings. The predicted molar refractivity (Wildman–Crippen MR) is 78.6 cm³/mol. The summed E-state index contributed by atoms with van der Waals surface area (Å²) in [6.07, 6.45) is 1.02. The van der Waals surface area contributed by atoms with E-state index in [0.29, 0.717) is 44.2 Å². The van der Waals surface area contributed by atoms with Crippen LogP contribution in [0.25, 0.3) is 0 Å². The van der Waals surface area contributed by atoms with Crippen molar-refractivity contribution >= 4 is 25.0 Å². The Kier molecular flexibility index (Phi) is 9.80. The normalized spacial score (nSPS) is 11.9. The number of isothiocyanates is 1. The van der Waals surface area contributed by atoms with Crippen LogP contribution in [-0.4, -0.2) is 31.1 Å². The van der Waals surface area contributed by atoms with Gasteiger partial charge < -0.3 is 9.05 Å². The van der Waals surface area contributed by atoms with Crippen molar-refractivity contribution in [1.29, 1.82) is 0 Å². The number of aliphatic imine (C=N–C) groups is 1. The van der Waals surface area contributed by atoms with Crippen molar-refractivity contribution in [3.63, 3.8) is 0 Å². The van der Waals surface area contributed by atoms with Crippen molar-refractivity contribution in [2.24, 2.45) is 16.8 Å². The fourth-order valence-corrected chi connectivity index (χ4v) is 3.08. The van der Waals surface area contributed by atoms with Crippen molar-refractivity contribution in [1.82, 2.24) is 0 Å². The van der Waals surface area contributed by atoms with Gasteiger partial charge >= 0.3 is 7.60 Å². The monoisotopic (exact) mass is 293 g/mol. The summed E-state index contributed by atoms with van der Waals surface area (Å²) in [5.74, 6) is 0.667. The quantitative estimate of drug-likeness (QED) is 0.264. The van der Waals surface area contributed by atoms with E-state index >= 15 is 0 Å². The molecule has 0 rings (SSSR count). The Bertz CT molecular complexity index is 298. The number of nitrogens with zero attached hydrogens (tertiary/aromatic N) is 1. The minimum atomic E-state index is -2.99. The molecule has 0 heterocycles. The molecule has 0 aromatic carbocycles. The van der Waals surface area contributed by atoms with Crippen molar-refractivity contribution in [2.75, 3.05) is 25.9 Å². The lowest BCUT2D eigenvalue weighted by Gasteiger charge is -2.20. The lowest BCUT2D eigenvalue weighted by atomic mass is 10.2. The molecule has 0 aliphatic heterocycles. The van der Waals surface area contributed by atoms with Gasteiger partial charge in [-0.05, 0) is 30.5 Å². The molecule has 0 aromatic heterocycles. The standard InChI is InChI=1S/C12H24NO3PS/c1-11(2)8-15-17(14,16-9-12(3)4)7-5-6-13-10-18/h11-12H,5-9H2,1-4H3. The molecular formula is C12H24NO3PS. The fraction of sp³-hybridized carbons (Fsp3) is 0.917. The molecule has 0 radical (unpaired) electrons. The second-order valence-corrected chi connectivity index (χ2v) is 7.41. The van der Waals surface area contributed by atoms with Crippen LogP contribution in [0.15, 0.2) is 4.99 Å². The van der Waals surface area contributed by atoms with E-state index in [2.05, 4.69) is 22.4 Å². The van der Waals surface area contributed by atoms with Gasteiger partial charge in [-0.25, -0.2) is 4.99 Å². The van der Waals surface area contributed by atoms with Crippen molar-refractivity contribution in [3.8, 4) is 0 Å². The third-order valence-corrected chi connectivity index (χ3v) is 4.05. The van der Waals surface area contributed by atoms with E-state index in [1.165, 1.54) is 0 Å². The van der Waals surface area contributed by atoms with Crippen LogP contribution in [0.2, 0.25) is 0 Å². The molecule has 0 aliphatic rings. The Morgan fingerprint density at radius 3 is 2.06 bits per heavy atom. The molecule has 0 amide bonds. The Morgan fingerprint density at radius 2 is 1.67 bits per heavy atom. The van der Waals surface area contributed by atoms with Gasteiger partial charge in [0, 0.05) is 6.54 Å². The van der Waals surface area contributed by atoms with Gasteiger partial charge in [-0.3, -0.25) is 4.57 Å². The van der Waals surface area contributed by atoms with Crippen LogP contribution >= 0.6 is 19.8 Å². The largest absolute Gasteiger partial charge is 0.330 e. The van der Waals surface area contributed by atoms with Crippen LogP contribution in [0.4, 0.5) is 0 Å². The molecule has 0 N–H and O–H groups in total. The summed E-state index contributed by atoms with van der Waals surface area (Å²) < 4.78 is 23.4. The van der Waals surface area contributed by atoms with Gasteiger partial charge in [-0.1, -0.05) is 27.7 Å². The summed E-state index contributed by atoms with van der Waals surface area (Å²) in [4.78, 5) is 3.80. The minimum Gasteiger partial charge on any atom is -0.308 e. The summed E-state index contributed by atoms with van der Waals surface area (Å²) in [6.45, 7) is 9.49. The van der Waals surface area contributed by atoms with Gasteiger partial charge in [0.2, 0.25) is 0 Å². The summed E-state index contributed by atoms with van der Waals surface area (Å²) in [5.41, 5.74) is 0. The molecule has 0 unspecified atom stereocenters. The number of hydrogen-bond donors (Lipinski definition) is 0. The Labute approximate surface area is 116 Å². The lowest BCUT2D eigenvalue weighted by molar-refractivity contribution is 0.173. The highest BCUT2D eigenvalue weighted by molar-refractivity contribution is 7.78. The summed E-state index contributed by atoms with van der Waals surface area (Å²) in [7, 11) is -2.99. The van der Waals surface area contributed by atoms with Crippen molar-refractivity contribution in [3.05, 3.63) is 0 Å². The van der Waals surface area contributed by atoms with E-state index in [4.69, 9.17) is 9.05 Å². The SMILES string of the molecule is CC(C)COP(=O)(CCCN=C=S)OCC(C)C. The second-order valence-electron chi connectivity index (χ2n) is 5.04. The van der Waals surface area contributed by atoms with E-state index < -0.39 is 7.60 Å². The molecule has 6 heteroatoms. The molecule has 0 saturated carbocycles. The van der Waals surface area contributed by atoms with Gasteiger partial charge in [-0.15, -0.1) is 0 Å². The smallest absolute Gasteiger partial charge is 0.308 e. The van der Waals surface area contributed by atoms with Gasteiger partial charge in [0.1, 0.15) is 0 Å². The van der Waals surface area contributed by atoms with Gasteiger partial charge in [0.25, 0.3) is 0 Å². The molecule has 18 heavy (non-hydrogen) atoms. The predicted octanol–water partition coefficient (Wildman–Crippen LogP) is 4.02. The van der Waals surface area contributed by atoms with Crippen LogP contribution < -0.4 is 0 Å². The molecule has 0 atom stereocenters. The fourth-order valence-electron chi connectivity index (χ4n) is 1.08. The molecular weight excluding hydrogens is 269 g/mol. The zero-order chi connectivity index (χ0) is 14.0. The highest BCUT2D eigenvalue weighted by Gasteiger charge is 2.24. The van der Waals surface area contributed by atoms with Crippen LogP contribution in [0.5, 0.6) is 0 Å². The minimum absolute atomic E-state index is 0.333. The van der Waals surface area contributed by atoms with Crippen LogP contribution in [-0.2, 0) is 13.6 Å². The maximum Gasteiger partial charge on any atom is 0.330 e. The number of thiocarbonyl (C=S) groups is 1. The first kappa shape index (κ1) is 17.9. The van der Waals surface area contributed by atoms with E-state index in [1.807, 2.05) is 27.7 Å². The lowest BCUT2D eigenvalue weighted by Crippen LogP contribution is -2.09. The zero-order valence-electron chi connectivity index (χ0n) is 11.7. The van der Waals surface area contributed by atoms with Crippen LogP contribution in [0.1, 0.15) is 34.1 Å². The third-order valence-electron chi connectivity index (χ3n) is 1.98. The summed E-state index contributed by atoms with van der Waals surface area (Å²) in [5, 5.41) is 2.29. The summed E-state index contributed by atoms with van der Waals surface area (Å²) in [6, 6.07) is 0. The van der Waals surface area contributed by atoms with Crippen LogP contribution in [0, 0.1) is 11.8 Å². The molecule has 106 valence electrons. The average molecular weight is 293 g/mol. The highest BCUT2D eigenvalue weighted by atomic mass is 32.1. The Balaban J connectivity index is 4.29. The van der Waals surface area contributed by atoms with Gasteiger partial charge in [0.15, 0.2) is 0 Å². The molecule has 0 saturated heterocycles. The molecule has 0 spiro atoms. The third kappa shape index (κ3) is 9.93. The number of rotatable bonds is 10. The Morgan fingerprint density at radius 1 is 1.17 bits per heavy atom. The summed E-state index contributed by atoms with van der Waals surface area (Å²) >= 11 is 4.48. The highest BCUT2D eigenvalue weighted by Crippen LogP contribution is 2.49. The maximum atomic E-state index is 12.5. The topological polar surface area (TPSA) is 47.9 Å². The maximum absolute atomic E-state index is 12.5. The van der Waals surface area contributed by atoms with Gasteiger partial charge in [-0.2, -0.15) is 0 Å². The zero-order valence-corrected chi connectivity index (χ0v) is 13.4.